The van der Waals surface area contributed by atoms with E-state index in [9.17, 15) is 9.90 Å². The average Bonchev–Trinajstić information content (AvgIpc) is 2.59. The van der Waals surface area contributed by atoms with Crippen molar-refractivity contribution in [1.29, 1.82) is 0 Å². The van der Waals surface area contributed by atoms with Crippen LogP contribution in [0.3, 0.4) is 0 Å². The number of anilines is 1. The zero-order valence-electron chi connectivity index (χ0n) is 14.4. The number of benzene rings is 1. The minimum Gasteiger partial charge on any atom is -0.507 e. The Morgan fingerprint density at radius 3 is 2.71 bits per heavy atom. The third-order valence-electron chi connectivity index (χ3n) is 4.01. The van der Waals surface area contributed by atoms with E-state index in [0.717, 1.165) is 31.9 Å². The summed E-state index contributed by atoms with van der Waals surface area (Å²) in [5.74, 6) is -0.0296. The summed E-state index contributed by atoms with van der Waals surface area (Å²) in [5.41, 5.74) is 4.02. The molecule has 132 valence electrons. The van der Waals surface area contributed by atoms with Crippen molar-refractivity contribution in [2.24, 2.45) is 5.10 Å². The summed E-state index contributed by atoms with van der Waals surface area (Å²) in [7, 11) is 0. The van der Waals surface area contributed by atoms with Gasteiger partial charge in [-0.2, -0.15) is 5.10 Å². The van der Waals surface area contributed by atoms with Gasteiger partial charge in [-0.1, -0.05) is 0 Å². The number of amides is 1. The van der Waals surface area contributed by atoms with Crippen molar-refractivity contribution in [3.63, 3.8) is 0 Å². The first-order valence-electron chi connectivity index (χ1n) is 8.34. The molecule has 1 aliphatic rings. The third kappa shape index (κ3) is 5.21. The lowest BCUT2D eigenvalue weighted by Gasteiger charge is -2.25. The number of nitrogens with one attached hydrogen (secondary N) is 1. The number of phenolic OH excluding ortho intramolecular Hbond substituents is 1. The Balaban J connectivity index is 1.88. The van der Waals surface area contributed by atoms with Crippen LogP contribution in [0, 0.1) is 0 Å². The predicted octanol–water partition coefficient (Wildman–Crippen LogP) is 1.02. The Morgan fingerprint density at radius 1 is 1.38 bits per heavy atom. The molecule has 0 radical (unpaired) electrons. The number of hydrazone groups is 1. The van der Waals surface area contributed by atoms with Crippen molar-refractivity contribution in [2.75, 3.05) is 50.8 Å². The lowest BCUT2D eigenvalue weighted by atomic mass is 10.2. The largest absolute Gasteiger partial charge is 0.507 e. The molecule has 0 saturated carbocycles. The normalized spacial score (nSPS) is 15.6. The molecule has 1 fully saturated rings. The molecule has 24 heavy (non-hydrogen) atoms. The number of ether oxygens (including phenoxy) is 1. The number of hydrogen-bond donors (Lipinski definition) is 2. The first-order chi connectivity index (χ1) is 11.6. The molecule has 0 atom stereocenters. The molecule has 1 aromatic carbocycles. The summed E-state index contributed by atoms with van der Waals surface area (Å²) in [4.78, 5) is 16.0. The zero-order valence-corrected chi connectivity index (χ0v) is 14.4. The minimum atomic E-state index is -0.174. The summed E-state index contributed by atoms with van der Waals surface area (Å²) < 4.78 is 5.24. The number of phenols is 1. The van der Waals surface area contributed by atoms with Gasteiger partial charge >= 0.3 is 0 Å². The Kier molecular flexibility index (Phi) is 7.02. The SMILES string of the molecule is CCN(CC)c1ccc(C=NNC(=O)CN2CCOCC2)c(O)c1. The fourth-order valence-electron chi connectivity index (χ4n) is 2.60. The van der Waals surface area contributed by atoms with Crippen LogP contribution >= 0.6 is 0 Å². The van der Waals surface area contributed by atoms with E-state index >= 15 is 0 Å². The van der Waals surface area contributed by atoms with Gasteiger partial charge in [0.25, 0.3) is 5.91 Å². The molecule has 1 saturated heterocycles. The average molecular weight is 334 g/mol. The lowest BCUT2D eigenvalue weighted by Crippen LogP contribution is -2.42. The van der Waals surface area contributed by atoms with Crippen LogP contribution in [0.15, 0.2) is 23.3 Å². The van der Waals surface area contributed by atoms with Crippen LogP contribution in [-0.2, 0) is 9.53 Å². The van der Waals surface area contributed by atoms with Crippen molar-refractivity contribution >= 4 is 17.8 Å². The standard InChI is InChI=1S/C17H26N4O3/c1-3-21(4-2)15-6-5-14(16(22)11-15)12-18-19-17(23)13-20-7-9-24-10-8-20/h5-6,11-12,22H,3-4,7-10,13H2,1-2H3,(H,19,23). The van der Waals surface area contributed by atoms with Crippen molar-refractivity contribution in [1.82, 2.24) is 10.3 Å². The number of rotatable bonds is 7. The van der Waals surface area contributed by atoms with Gasteiger partial charge in [0.1, 0.15) is 5.75 Å². The Labute approximate surface area is 142 Å². The van der Waals surface area contributed by atoms with Crippen molar-refractivity contribution in [3.05, 3.63) is 23.8 Å². The summed E-state index contributed by atoms with van der Waals surface area (Å²) in [6, 6.07) is 5.44. The van der Waals surface area contributed by atoms with Gasteiger partial charge in [0, 0.05) is 43.5 Å². The first-order valence-corrected chi connectivity index (χ1v) is 8.34. The van der Waals surface area contributed by atoms with E-state index < -0.39 is 0 Å². The summed E-state index contributed by atoms with van der Waals surface area (Å²) in [6.45, 7) is 9.01. The summed E-state index contributed by atoms with van der Waals surface area (Å²) >= 11 is 0. The fourth-order valence-corrected chi connectivity index (χ4v) is 2.60. The maximum atomic E-state index is 11.8. The fraction of sp³-hybridized carbons (Fsp3) is 0.529. The van der Waals surface area contributed by atoms with Gasteiger partial charge in [-0.3, -0.25) is 9.69 Å². The monoisotopic (exact) mass is 334 g/mol. The second-order valence-electron chi connectivity index (χ2n) is 5.60. The summed E-state index contributed by atoms with van der Waals surface area (Å²) in [5, 5.41) is 14.0. The molecular formula is C17H26N4O3. The van der Waals surface area contributed by atoms with Gasteiger partial charge in [-0.25, -0.2) is 5.43 Å². The molecular weight excluding hydrogens is 308 g/mol. The maximum Gasteiger partial charge on any atom is 0.254 e. The maximum absolute atomic E-state index is 11.8. The van der Waals surface area contributed by atoms with Crippen LogP contribution in [-0.4, -0.2) is 68.1 Å². The van der Waals surface area contributed by atoms with Crippen LogP contribution in [0.25, 0.3) is 0 Å². The molecule has 0 aromatic heterocycles. The van der Waals surface area contributed by atoms with Gasteiger partial charge in [0.05, 0.1) is 26.0 Å². The molecule has 1 aromatic rings. The molecule has 0 spiro atoms. The number of nitrogens with zero attached hydrogens (tertiary/aromatic N) is 3. The van der Waals surface area contributed by atoms with E-state index in [2.05, 4.69) is 29.3 Å². The molecule has 1 amide bonds. The first kappa shape index (κ1) is 18.2. The highest BCUT2D eigenvalue weighted by atomic mass is 16.5. The smallest absolute Gasteiger partial charge is 0.254 e. The van der Waals surface area contributed by atoms with Crippen LogP contribution in [0.1, 0.15) is 19.4 Å². The van der Waals surface area contributed by atoms with E-state index in [4.69, 9.17) is 4.74 Å². The summed E-state index contributed by atoms with van der Waals surface area (Å²) in [6.07, 6.45) is 1.46. The highest BCUT2D eigenvalue weighted by Gasteiger charge is 2.13. The molecule has 0 aliphatic carbocycles. The molecule has 1 heterocycles. The van der Waals surface area contributed by atoms with Crippen molar-refractivity contribution in [2.45, 2.75) is 13.8 Å². The Hall–Kier alpha value is -2.12. The van der Waals surface area contributed by atoms with Crippen molar-refractivity contribution < 1.29 is 14.6 Å². The number of morpholine rings is 1. The number of aromatic hydroxyl groups is 1. The molecule has 7 nitrogen and oxygen atoms in total. The molecule has 7 heteroatoms. The lowest BCUT2D eigenvalue weighted by molar-refractivity contribution is -0.123. The van der Waals surface area contributed by atoms with Gasteiger partial charge < -0.3 is 14.7 Å². The highest BCUT2D eigenvalue weighted by Crippen LogP contribution is 2.23. The van der Waals surface area contributed by atoms with Gasteiger partial charge in [0.2, 0.25) is 0 Å². The van der Waals surface area contributed by atoms with Crippen molar-refractivity contribution in [3.8, 4) is 5.75 Å². The van der Waals surface area contributed by atoms with Gasteiger partial charge in [-0.15, -0.1) is 0 Å². The van der Waals surface area contributed by atoms with E-state index in [0.29, 0.717) is 25.3 Å². The minimum absolute atomic E-state index is 0.144. The molecule has 1 aliphatic heterocycles. The number of carbonyl (C=O) groups is 1. The predicted molar refractivity (Wildman–Crippen MR) is 94.7 cm³/mol. The van der Waals surface area contributed by atoms with Crippen LogP contribution in [0.2, 0.25) is 0 Å². The van der Waals surface area contributed by atoms with Crippen LogP contribution in [0.4, 0.5) is 5.69 Å². The third-order valence-corrected chi connectivity index (χ3v) is 4.01. The Bertz CT molecular complexity index is 567. The van der Waals surface area contributed by atoms with E-state index in [1.165, 1.54) is 6.21 Å². The number of hydrogen-bond acceptors (Lipinski definition) is 6. The quantitative estimate of drug-likeness (QED) is 0.575. The zero-order chi connectivity index (χ0) is 17.4. The molecule has 0 unspecified atom stereocenters. The molecule has 0 bridgehead atoms. The molecule has 2 N–H and O–H groups in total. The second-order valence-corrected chi connectivity index (χ2v) is 5.60. The second kappa shape index (κ2) is 9.24. The number of carbonyl (C=O) groups excluding carboxylic acids is 1. The van der Waals surface area contributed by atoms with Gasteiger partial charge in [-0.05, 0) is 26.0 Å². The van der Waals surface area contributed by atoms with E-state index in [1.807, 2.05) is 11.0 Å². The Morgan fingerprint density at radius 2 is 2.08 bits per heavy atom. The van der Waals surface area contributed by atoms with E-state index in [1.54, 1.807) is 12.1 Å². The van der Waals surface area contributed by atoms with Crippen LogP contribution < -0.4 is 10.3 Å². The highest BCUT2D eigenvalue weighted by molar-refractivity contribution is 5.86. The van der Waals surface area contributed by atoms with E-state index in [-0.39, 0.29) is 11.7 Å². The van der Waals surface area contributed by atoms with Gasteiger partial charge in [0.15, 0.2) is 0 Å². The molecule has 2 rings (SSSR count). The topological polar surface area (TPSA) is 77.4 Å². The van der Waals surface area contributed by atoms with Crippen LogP contribution in [0.5, 0.6) is 5.75 Å².